The molecule has 2 heterocycles. The van der Waals surface area contributed by atoms with E-state index in [1.807, 2.05) is 6.07 Å². The van der Waals surface area contributed by atoms with Crippen LogP contribution >= 0.6 is 0 Å². The summed E-state index contributed by atoms with van der Waals surface area (Å²) in [6.45, 7) is 14.6. The van der Waals surface area contributed by atoms with Gasteiger partial charge in [-0.05, 0) is 105 Å². The van der Waals surface area contributed by atoms with Crippen molar-refractivity contribution in [3.63, 3.8) is 0 Å². The van der Waals surface area contributed by atoms with E-state index in [1.165, 1.54) is 59.4 Å². The minimum absolute atomic E-state index is 0.846. The van der Waals surface area contributed by atoms with Crippen molar-refractivity contribution in [3.05, 3.63) is 218 Å². The Morgan fingerprint density at radius 1 is 0.361 bits per heavy atom. The topological polar surface area (TPSA) is 28.9 Å². The molecular formula is C66H54N2O2Si2. The number of anilines is 6. The Bertz CT molecular complexity index is 4100. The van der Waals surface area contributed by atoms with Crippen LogP contribution < -0.4 is 24.9 Å². The maximum atomic E-state index is 7.45. The summed E-state index contributed by atoms with van der Waals surface area (Å²) in [6, 6.07) is 79.8. The molecule has 0 radical (unpaired) electrons. The fraction of sp³-hybridized carbons (Fsp3) is 0.0909. The molecule has 0 aliphatic carbocycles. The third-order valence-electron chi connectivity index (χ3n) is 14.7. The number of para-hydroxylation sites is 5. The summed E-state index contributed by atoms with van der Waals surface area (Å²) in [6.07, 6.45) is 0. The van der Waals surface area contributed by atoms with E-state index >= 15 is 0 Å². The number of hydrogen-bond donors (Lipinski definition) is 0. The van der Waals surface area contributed by atoms with Crippen molar-refractivity contribution in [1.29, 1.82) is 0 Å². The molecule has 0 fully saturated rings. The monoisotopic (exact) mass is 962 g/mol. The lowest BCUT2D eigenvalue weighted by Crippen LogP contribution is -2.38. The molecule has 0 amide bonds. The molecule has 348 valence electrons. The molecule has 0 unspecified atom stereocenters. The highest BCUT2D eigenvalue weighted by Crippen LogP contribution is 2.54. The zero-order valence-corrected chi connectivity index (χ0v) is 43.5. The van der Waals surface area contributed by atoms with Crippen molar-refractivity contribution in [2.45, 2.75) is 39.3 Å². The third-order valence-corrected chi connectivity index (χ3v) is 18.7. The fourth-order valence-electron chi connectivity index (χ4n) is 11.2. The molecule has 4 nitrogen and oxygen atoms in total. The first-order chi connectivity index (χ1) is 35.0. The molecule has 13 rings (SSSR count). The molecule has 0 N–H and O–H groups in total. The van der Waals surface area contributed by atoms with Crippen LogP contribution in [-0.2, 0) is 0 Å². The summed E-state index contributed by atoms with van der Waals surface area (Å²) in [4.78, 5) is 4.81. The van der Waals surface area contributed by atoms with E-state index in [1.54, 1.807) is 0 Å². The van der Waals surface area contributed by atoms with Crippen molar-refractivity contribution < 1.29 is 9.15 Å². The van der Waals surface area contributed by atoms with Crippen LogP contribution in [0.4, 0.5) is 34.1 Å². The van der Waals surface area contributed by atoms with Crippen LogP contribution in [0.1, 0.15) is 0 Å². The first kappa shape index (κ1) is 43.8. The Kier molecular flexibility index (Phi) is 10.2. The zero-order chi connectivity index (χ0) is 48.9. The van der Waals surface area contributed by atoms with Crippen LogP contribution in [0.25, 0.3) is 76.5 Å². The highest BCUT2D eigenvalue weighted by molar-refractivity contribution is 6.89. The molecule has 0 saturated heterocycles. The SMILES string of the molecule is C[Si](C)(C)c1ccc2c(c1)c(N(c1ccccc1)c1ccccc1-c1ccccc1)cc1c3ccc([Si](C)(C)C)c4c3c(cc21)-c1ccc(N(c2ccccc2)c2cccc3c2oc2ccccc23)cc1O4. The smallest absolute Gasteiger partial charge is 0.159 e. The minimum atomic E-state index is -1.96. The number of benzene rings is 11. The Labute approximate surface area is 423 Å². The molecule has 1 aliphatic rings. The molecular weight excluding hydrogens is 909 g/mol. The van der Waals surface area contributed by atoms with Gasteiger partial charge in [-0.15, -0.1) is 0 Å². The summed E-state index contributed by atoms with van der Waals surface area (Å²) in [5, 5.41) is 12.2. The van der Waals surface area contributed by atoms with Gasteiger partial charge < -0.3 is 19.0 Å². The van der Waals surface area contributed by atoms with Crippen LogP contribution in [0.15, 0.2) is 223 Å². The zero-order valence-electron chi connectivity index (χ0n) is 41.5. The second-order valence-electron chi connectivity index (χ2n) is 21.3. The molecule has 1 aliphatic heterocycles. The summed E-state index contributed by atoms with van der Waals surface area (Å²) >= 11 is 0. The first-order valence-corrected chi connectivity index (χ1v) is 32.1. The second-order valence-corrected chi connectivity index (χ2v) is 31.4. The molecule has 6 heteroatoms. The highest BCUT2D eigenvalue weighted by atomic mass is 28.3. The molecule has 11 aromatic carbocycles. The average molecular weight is 963 g/mol. The average Bonchev–Trinajstić information content (AvgIpc) is 3.79. The molecule has 12 aromatic rings. The predicted molar refractivity (Wildman–Crippen MR) is 313 cm³/mol. The Balaban J connectivity index is 1.08. The second kappa shape index (κ2) is 16.7. The number of ether oxygens (including phenoxy) is 1. The number of furan rings is 1. The number of rotatable bonds is 9. The van der Waals surface area contributed by atoms with Gasteiger partial charge in [0.1, 0.15) is 17.1 Å². The summed E-state index contributed by atoms with van der Waals surface area (Å²) in [5.74, 6) is 1.82. The van der Waals surface area contributed by atoms with Gasteiger partial charge in [-0.1, -0.05) is 190 Å². The quantitative estimate of drug-likeness (QED) is 0.106. The molecule has 0 spiro atoms. The van der Waals surface area contributed by atoms with E-state index < -0.39 is 16.1 Å². The Morgan fingerprint density at radius 3 is 1.75 bits per heavy atom. The van der Waals surface area contributed by atoms with Gasteiger partial charge in [0.2, 0.25) is 0 Å². The van der Waals surface area contributed by atoms with Crippen LogP contribution in [0.3, 0.4) is 0 Å². The summed E-state index contributed by atoms with van der Waals surface area (Å²) in [7, 11) is -3.72. The van der Waals surface area contributed by atoms with Gasteiger partial charge in [0.25, 0.3) is 0 Å². The van der Waals surface area contributed by atoms with Gasteiger partial charge in [0.05, 0.1) is 38.9 Å². The molecule has 0 atom stereocenters. The normalized spacial score (nSPS) is 12.4. The molecule has 0 bridgehead atoms. The largest absolute Gasteiger partial charge is 0.456 e. The van der Waals surface area contributed by atoms with E-state index in [9.17, 15) is 0 Å². The van der Waals surface area contributed by atoms with Gasteiger partial charge in [0.15, 0.2) is 5.58 Å². The summed E-state index contributed by atoms with van der Waals surface area (Å²) < 4.78 is 14.1. The lowest BCUT2D eigenvalue weighted by atomic mass is 9.88. The van der Waals surface area contributed by atoms with Crippen molar-refractivity contribution in [1.82, 2.24) is 0 Å². The lowest BCUT2D eigenvalue weighted by Gasteiger charge is -2.32. The van der Waals surface area contributed by atoms with Crippen molar-refractivity contribution in [3.8, 4) is 33.8 Å². The van der Waals surface area contributed by atoms with E-state index in [0.717, 1.165) is 73.1 Å². The molecule has 1 aromatic heterocycles. The first-order valence-electron chi connectivity index (χ1n) is 25.1. The van der Waals surface area contributed by atoms with E-state index in [-0.39, 0.29) is 0 Å². The van der Waals surface area contributed by atoms with Crippen LogP contribution in [0.5, 0.6) is 11.5 Å². The van der Waals surface area contributed by atoms with Crippen LogP contribution in [0, 0.1) is 0 Å². The van der Waals surface area contributed by atoms with Crippen molar-refractivity contribution in [2.24, 2.45) is 0 Å². The maximum absolute atomic E-state index is 7.45. The van der Waals surface area contributed by atoms with E-state index in [2.05, 4.69) is 261 Å². The lowest BCUT2D eigenvalue weighted by molar-refractivity contribution is 0.490. The number of fused-ring (bicyclic) bond motifs is 9. The Hall–Kier alpha value is -8.17. The molecule has 0 saturated carbocycles. The third kappa shape index (κ3) is 7.16. The molecule has 72 heavy (non-hydrogen) atoms. The maximum Gasteiger partial charge on any atom is 0.159 e. The highest BCUT2D eigenvalue weighted by Gasteiger charge is 2.32. The van der Waals surface area contributed by atoms with Crippen molar-refractivity contribution >= 4 is 115 Å². The fourth-order valence-corrected chi connectivity index (χ4v) is 13.8. The van der Waals surface area contributed by atoms with E-state index in [4.69, 9.17) is 9.15 Å². The Morgan fingerprint density at radius 2 is 1.00 bits per heavy atom. The van der Waals surface area contributed by atoms with Crippen LogP contribution in [-0.4, -0.2) is 16.1 Å². The van der Waals surface area contributed by atoms with Gasteiger partial charge >= 0.3 is 0 Å². The van der Waals surface area contributed by atoms with E-state index in [0.29, 0.717) is 0 Å². The van der Waals surface area contributed by atoms with Gasteiger partial charge in [-0.2, -0.15) is 0 Å². The predicted octanol–water partition coefficient (Wildman–Crippen LogP) is 18.5. The van der Waals surface area contributed by atoms with Gasteiger partial charge in [-0.3, -0.25) is 0 Å². The van der Waals surface area contributed by atoms with Crippen molar-refractivity contribution in [2.75, 3.05) is 9.80 Å². The van der Waals surface area contributed by atoms with Gasteiger partial charge in [0, 0.05) is 50.1 Å². The summed E-state index contributed by atoms with van der Waals surface area (Å²) in [5.41, 5.74) is 12.8. The number of hydrogen-bond acceptors (Lipinski definition) is 4. The minimum Gasteiger partial charge on any atom is -0.456 e. The standard InChI is InChI=1S/C66H54N2O2Si2/c1-71(2,3)47-34-36-49-54-41-57-51-35-33-46(67(44-23-12-8-13-24-44)59-31-20-29-53-50-28-17-19-32-61(50)69-65(53)59)39-62(51)70-66-63(72(4,5)6)38-37-52(64(57)66)55(54)42-60(56(49)40-47)68(45-25-14-9-15-26-45)58-30-18-16-27-48(58)43-21-10-7-11-22-43/h7-42H,1-6H3. The number of nitrogens with zero attached hydrogens (tertiary/aromatic N) is 2. The van der Waals surface area contributed by atoms with Gasteiger partial charge in [-0.25, -0.2) is 0 Å². The van der Waals surface area contributed by atoms with Crippen LogP contribution in [0.2, 0.25) is 39.3 Å².